The Balaban J connectivity index is 2.58. The van der Waals surface area contributed by atoms with Crippen molar-refractivity contribution in [1.82, 2.24) is 0 Å². The van der Waals surface area contributed by atoms with Crippen molar-refractivity contribution in [2.45, 2.75) is 25.3 Å². The van der Waals surface area contributed by atoms with Gasteiger partial charge in [0.05, 0.1) is 17.2 Å². The van der Waals surface area contributed by atoms with Gasteiger partial charge in [0.2, 0.25) is 0 Å². The number of nitrogens with zero attached hydrogens (tertiary/aromatic N) is 1. The molecule has 1 aromatic carbocycles. The molecule has 0 bridgehead atoms. The fraction of sp³-hybridized carbons (Fsp3) is 0.417. The number of amides is 1. The Morgan fingerprint density at radius 3 is 1.86 bits per heavy atom. The van der Waals surface area contributed by atoms with E-state index in [0.717, 1.165) is 4.90 Å². The van der Waals surface area contributed by atoms with Crippen LogP contribution in [0, 0.1) is 0 Å². The number of rotatable bonds is 1. The number of ether oxygens (including phenoxy) is 1. The summed E-state index contributed by atoms with van der Waals surface area (Å²) in [7, 11) is 0. The van der Waals surface area contributed by atoms with Gasteiger partial charge in [0.15, 0.2) is 0 Å². The molecule has 1 atom stereocenters. The molecule has 2 rings (SSSR count). The topological polar surface area (TPSA) is 29.5 Å². The van der Waals surface area contributed by atoms with Crippen LogP contribution in [0.15, 0.2) is 18.2 Å². The molecule has 1 aliphatic rings. The maximum Gasteiger partial charge on any atom is 0.416 e. The lowest BCUT2D eigenvalue weighted by Gasteiger charge is -2.21. The van der Waals surface area contributed by atoms with E-state index in [2.05, 4.69) is 4.74 Å². The minimum atomic E-state index is -4.96. The van der Waals surface area contributed by atoms with Crippen LogP contribution < -0.4 is 4.90 Å². The SMILES string of the molecule is CC1COC(=O)N1c1cc(C(F)(F)F)cc(C(F)(F)F)c1. The van der Waals surface area contributed by atoms with Crippen molar-refractivity contribution in [1.29, 1.82) is 0 Å². The van der Waals surface area contributed by atoms with Gasteiger partial charge < -0.3 is 4.74 Å². The van der Waals surface area contributed by atoms with Gasteiger partial charge in [-0.25, -0.2) is 4.79 Å². The number of carbonyl (C=O) groups is 1. The molecule has 1 saturated heterocycles. The minimum Gasteiger partial charge on any atom is -0.447 e. The second kappa shape index (κ2) is 4.81. The number of alkyl halides is 6. The molecule has 1 heterocycles. The smallest absolute Gasteiger partial charge is 0.416 e. The van der Waals surface area contributed by atoms with Gasteiger partial charge in [-0.3, -0.25) is 4.90 Å². The number of carbonyl (C=O) groups excluding carboxylic acids is 1. The van der Waals surface area contributed by atoms with E-state index in [9.17, 15) is 31.1 Å². The second-order valence-electron chi connectivity index (χ2n) is 4.56. The Bertz CT molecular complexity index is 534. The van der Waals surface area contributed by atoms with E-state index in [1.54, 1.807) is 0 Å². The molecule has 1 unspecified atom stereocenters. The molecule has 1 aromatic rings. The number of hydrogen-bond donors (Lipinski definition) is 0. The first-order valence-electron chi connectivity index (χ1n) is 5.75. The zero-order chi connectivity index (χ0) is 16.0. The lowest BCUT2D eigenvalue weighted by atomic mass is 10.1. The maximum absolute atomic E-state index is 12.7. The molecule has 9 heteroatoms. The van der Waals surface area contributed by atoms with Gasteiger partial charge in [-0.05, 0) is 25.1 Å². The van der Waals surface area contributed by atoms with Crippen LogP contribution in [0.3, 0.4) is 0 Å². The van der Waals surface area contributed by atoms with E-state index in [-0.39, 0.29) is 12.7 Å². The number of hydrogen-bond acceptors (Lipinski definition) is 2. The average molecular weight is 313 g/mol. The molecule has 1 aliphatic heterocycles. The predicted octanol–water partition coefficient (Wildman–Crippen LogP) is 4.07. The number of anilines is 1. The van der Waals surface area contributed by atoms with E-state index >= 15 is 0 Å². The van der Waals surface area contributed by atoms with E-state index in [0.29, 0.717) is 12.1 Å². The molecule has 0 aromatic heterocycles. The first-order chi connectivity index (χ1) is 9.50. The summed E-state index contributed by atoms with van der Waals surface area (Å²) < 4.78 is 80.9. The Labute approximate surface area is 115 Å². The Morgan fingerprint density at radius 2 is 1.52 bits per heavy atom. The molecule has 0 spiro atoms. The highest BCUT2D eigenvalue weighted by atomic mass is 19.4. The third-order valence-electron chi connectivity index (χ3n) is 2.94. The molecule has 1 fully saturated rings. The normalized spacial score (nSPS) is 19.9. The largest absolute Gasteiger partial charge is 0.447 e. The monoisotopic (exact) mass is 313 g/mol. The van der Waals surface area contributed by atoms with Crippen LogP contribution in [-0.2, 0) is 17.1 Å². The van der Waals surface area contributed by atoms with Gasteiger partial charge in [-0.15, -0.1) is 0 Å². The molecule has 0 radical (unpaired) electrons. The number of halogens is 6. The van der Waals surface area contributed by atoms with Gasteiger partial charge >= 0.3 is 18.4 Å². The first kappa shape index (κ1) is 15.5. The van der Waals surface area contributed by atoms with Gasteiger partial charge in [-0.2, -0.15) is 26.3 Å². The summed E-state index contributed by atoms with van der Waals surface area (Å²) in [5.41, 5.74) is -3.44. The molecule has 0 N–H and O–H groups in total. The molecule has 0 aliphatic carbocycles. The van der Waals surface area contributed by atoms with Gasteiger partial charge in [0, 0.05) is 5.69 Å². The summed E-state index contributed by atoms with van der Waals surface area (Å²) in [6, 6.07) is 0.355. The molecule has 1 amide bonds. The van der Waals surface area contributed by atoms with Crippen LogP contribution in [0.4, 0.5) is 36.8 Å². The summed E-state index contributed by atoms with van der Waals surface area (Å²) in [6.45, 7) is 1.36. The fourth-order valence-electron chi connectivity index (χ4n) is 1.95. The zero-order valence-electron chi connectivity index (χ0n) is 10.5. The molecular formula is C12H9F6NO2. The zero-order valence-corrected chi connectivity index (χ0v) is 10.5. The van der Waals surface area contributed by atoms with Crippen molar-refractivity contribution in [2.75, 3.05) is 11.5 Å². The summed E-state index contributed by atoms with van der Waals surface area (Å²) >= 11 is 0. The third-order valence-corrected chi connectivity index (χ3v) is 2.94. The highest BCUT2D eigenvalue weighted by Crippen LogP contribution is 2.39. The Morgan fingerprint density at radius 1 is 1.05 bits per heavy atom. The third kappa shape index (κ3) is 3.06. The average Bonchev–Trinajstić information content (AvgIpc) is 2.66. The number of benzene rings is 1. The van der Waals surface area contributed by atoms with Crippen molar-refractivity contribution < 1.29 is 35.9 Å². The summed E-state index contributed by atoms with van der Waals surface area (Å²) in [5, 5.41) is 0. The van der Waals surface area contributed by atoms with Crippen molar-refractivity contribution in [3.8, 4) is 0 Å². The van der Waals surface area contributed by atoms with E-state index in [1.807, 2.05) is 0 Å². The molecular weight excluding hydrogens is 304 g/mol. The molecule has 116 valence electrons. The fourth-order valence-corrected chi connectivity index (χ4v) is 1.95. The lowest BCUT2D eigenvalue weighted by molar-refractivity contribution is -0.143. The maximum atomic E-state index is 12.7. The van der Waals surface area contributed by atoms with Crippen molar-refractivity contribution >= 4 is 11.8 Å². The Hall–Kier alpha value is -1.93. The summed E-state index contributed by atoms with van der Waals surface area (Å²) in [6.07, 6.45) is -10.9. The van der Waals surface area contributed by atoms with Crippen LogP contribution >= 0.6 is 0 Å². The van der Waals surface area contributed by atoms with Crippen LogP contribution in [0.2, 0.25) is 0 Å². The summed E-state index contributed by atoms with van der Waals surface area (Å²) in [4.78, 5) is 12.2. The predicted molar refractivity (Wildman–Crippen MR) is 59.7 cm³/mol. The quantitative estimate of drug-likeness (QED) is 0.732. The summed E-state index contributed by atoms with van der Waals surface area (Å²) in [5.74, 6) is 0. The standard InChI is InChI=1S/C12H9F6NO2/c1-6-5-21-10(20)19(6)9-3-7(11(13,14)15)2-8(4-9)12(16,17)18/h2-4,6H,5H2,1H3. The number of cyclic esters (lactones) is 1. The van der Waals surface area contributed by atoms with Crippen molar-refractivity contribution in [3.63, 3.8) is 0 Å². The second-order valence-corrected chi connectivity index (χ2v) is 4.56. The molecule has 21 heavy (non-hydrogen) atoms. The van der Waals surface area contributed by atoms with Crippen LogP contribution in [0.25, 0.3) is 0 Å². The van der Waals surface area contributed by atoms with Crippen LogP contribution in [0.1, 0.15) is 18.1 Å². The first-order valence-corrected chi connectivity index (χ1v) is 5.75. The highest BCUT2D eigenvalue weighted by molar-refractivity contribution is 5.90. The highest BCUT2D eigenvalue weighted by Gasteiger charge is 2.39. The van der Waals surface area contributed by atoms with Crippen molar-refractivity contribution in [2.24, 2.45) is 0 Å². The van der Waals surface area contributed by atoms with Gasteiger partial charge in [0.25, 0.3) is 0 Å². The van der Waals surface area contributed by atoms with E-state index < -0.39 is 41.3 Å². The minimum absolute atomic E-state index is 0.00950. The van der Waals surface area contributed by atoms with Crippen LogP contribution in [0.5, 0.6) is 0 Å². The van der Waals surface area contributed by atoms with Crippen LogP contribution in [-0.4, -0.2) is 18.7 Å². The van der Waals surface area contributed by atoms with E-state index in [1.165, 1.54) is 6.92 Å². The van der Waals surface area contributed by atoms with Gasteiger partial charge in [-0.1, -0.05) is 0 Å². The molecule has 0 saturated carbocycles. The molecule has 3 nitrogen and oxygen atoms in total. The van der Waals surface area contributed by atoms with Gasteiger partial charge in [0.1, 0.15) is 6.61 Å². The van der Waals surface area contributed by atoms with E-state index in [4.69, 9.17) is 0 Å². The Kier molecular flexibility index (Phi) is 3.54. The lowest BCUT2D eigenvalue weighted by Crippen LogP contribution is -2.31. The van der Waals surface area contributed by atoms with Crippen molar-refractivity contribution in [3.05, 3.63) is 29.3 Å².